The summed E-state index contributed by atoms with van der Waals surface area (Å²) >= 11 is 5.94. The van der Waals surface area contributed by atoms with Crippen LogP contribution in [0.4, 0.5) is 0 Å². The van der Waals surface area contributed by atoms with Gasteiger partial charge in [0.05, 0.1) is 6.07 Å². The van der Waals surface area contributed by atoms with Gasteiger partial charge in [0.25, 0.3) is 0 Å². The van der Waals surface area contributed by atoms with Crippen LogP contribution in [0.3, 0.4) is 0 Å². The molecule has 1 aromatic rings. The molecule has 0 saturated heterocycles. The smallest absolute Gasteiger partial charge is 0.0624 e. The van der Waals surface area contributed by atoms with E-state index in [0.717, 1.165) is 24.3 Å². The Morgan fingerprint density at radius 3 is 3.07 bits per heavy atom. The molecule has 1 aliphatic rings. The van der Waals surface area contributed by atoms with Crippen LogP contribution in [0.5, 0.6) is 0 Å². The molecule has 0 amide bonds. The van der Waals surface area contributed by atoms with E-state index in [4.69, 9.17) is 16.9 Å². The Kier molecular flexibility index (Phi) is 2.74. The first-order chi connectivity index (χ1) is 6.79. The molecule has 1 nitrogen and oxygen atoms in total. The molecule has 1 unspecified atom stereocenters. The molecule has 1 aliphatic carbocycles. The Morgan fingerprint density at radius 1 is 1.43 bits per heavy atom. The van der Waals surface area contributed by atoms with Crippen LogP contribution in [0.15, 0.2) is 18.2 Å². The fourth-order valence-electron chi connectivity index (χ4n) is 2.10. The second kappa shape index (κ2) is 4.02. The average molecular weight is 206 g/mol. The number of nitriles is 1. The van der Waals surface area contributed by atoms with Crippen LogP contribution in [0.1, 0.15) is 24.0 Å². The SMILES string of the molecule is N#CCC1CCc2ccc(Cl)cc2C1. The quantitative estimate of drug-likeness (QED) is 0.690. The number of aryl methyl sites for hydroxylation is 1. The molecule has 2 heteroatoms. The fourth-order valence-corrected chi connectivity index (χ4v) is 2.30. The highest BCUT2D eigenvalue weighted by atomic mass is 35.5. The van der Waals surface area contributed by atoms with Gasteiger partial charge in [0.2, 0.25) is 0 Å². The van der Waals surface area contributed by atoms with Crippen molar-refractivity contribution in [2.24, 2.45) is 5.92 Å². The highest BCUT2D eigenvalue weighted by Crippen LogP contribution is 2.29. The van der Waals surface area contributed by atoms with Gasteiger partial charge < -0.3 is 0 Å². The lowest BCUT2D eigenvalue weighted by molar-refractivity contribution is 0.468. The summed E-state index contributed by atoms with van der Waals surface area (Å²) in [5.41, 5.74) is 2.74. The molecular weight excluding hydrogens is 194 g/mol. The number of nitrogens with zero attached hydrogens (tertiary/aromatic N) is 1. The van der Waals surface area contributed by atoms with Crippen molar-refractivity contribution in [2.45, 2.75) is 25.7 Å². The van der Waals surface area contributed by atoms with E-state index in [2.05, 4.69) is 12.1 Å². The van der Waals surface area contributed by atoms with Gasteiger partial charge in [-0.25, -0.2) is 0 Å². The van der Waals surface area contributed by atoms with Crippen molar-refractivity contribution in [1.82, 2.24) is 0 Å². The molecule has 72 valence electrons. The first-order valence-corrected chi connectivity index (χ1v) is 5.31. The normalized spacial score (nSPS) is 19.9. The highest BCUT2D eigenvalue weighted by Gasteiger charge is 2.18. The monoisotopic (exact) mass is 205 g/mol. The third-order valence-corrected chi connectivity index (χ3v) is 3.11. The van der Waals surface area contributed by atoms with Crippen molar-refractivity contribution < 1.29 is 0 Å². The van der Waals surface area contributed by atoms with Crippen molar-refractivity contribution in [1.29, 1.82) is 5.26 Å². The van der Waals surface area contributed by atoms with Crippen LogP contribution in [-0.2, 0) is 12.8 Å². The maximum atomic E-state index is 8.65. The summed E-state index contributed by atoms with van der Waals surface area (Å²) in [6.45, 7) is 0. The number of halogens is 1. The average Bonchev–Trinajstić information content (AvgIpc) is 2.17. The molecule has 0 bridgehead atoms. The largest absolute Gasteiger partial charge is 0.198 e. The molecule has 0 spiro atoms. The van der Waals surface area contributed by atoms with E-state index < -0.39 is 0 Å². The molecule has 1 aromatic carbocycles. The fraction of sp³-hybridized carbons (Fsp3) is 0.417. The minimum atomic E-state index is 0.533. The summed E-state index contributed by atoms with van der Waals surface area (Å²) in [6, 6.07) is 8.35. The summed E-state index contributed by atoms with van der Waals surface area (Å²) in [5.74, 6) is 0.533. The zero-order valence-electron chi connectivity index (χ0n) is 7.96. The molecule has 0 saturated carbocycles. The van der Waals surface area contributed by atoms with Crippen LogP contribution in [0.2, 0.25) is 5.02 Å². The standard InChI is InChI=1S/C12H12ClN/c13-12-4-3-10-2-1-9(5-6-14)7-11(10)8-12/h3-4,8-9H,1-2,5,7H2. The van der Waals surface area contributed by atoms with E-state index in [9.17, 15) is 0 Å². The third kappa shape index (κ3) is 1.91. The van der Waals surface area contributed by atoms with Crippen LogP contribution in [0, 0.1) is 17.2 Å². The predicted octanol–water partition coefficient (Wildman–Crippen LogP) is 3.36. The van der Waals surface area contributed by atoms with Crippen LogP contribution < -0.4 is 0 Å². The Bertz CT molecular complexity index is 378. The summed E-state index contributed by atoms with van der Waals surface area (Å²) in [4.78, 5) is 0. The van der Waals surface area contributed by atoms with Crippen LogP contribution in [-0.4, -0.2) is 0 Å². The summed E-state index contributed by atoms with van der Waals surface area (Å²) in [5, 5.41) is 9.45. The third-order valence-electron chi connectivity index (χ3n) is 2.88. The summed E-state index contributed by atoms with van der Waals surface area (Å²) in [7, 11) is 0. The maximum Gasteiger partial charge on any atom is 0.0624 e. The highest BCUT2D eigenvalue weighted by molar-refractivity contribution is 6.30. The minimum Gasteiger partial charge on any atom is -0.198 e. The zero-order valence-corrected chi connectivity index (χ0v) is 8.72. The van der Waals surface area contributed by atoms with Gasteiger partial charge in [-0.1, -0.05) is 17.7 Å². The number of hydrogen-bond donors (Lipinski definition) is 0. The van der Waals surface area contributed by atoms with Crippen LogP contribution >= 0.6 is 11.6 Å². The summed E-state index contributed by atoms with van der Waals surface area (Å²) in [6.07, 6.45) is 3.93. The van der Waals surface area contributed by atoms with Crippen molar-refractivity contribution >= 4 is 11.6 Å². The van der Waals surface area contributed by atoms with E-state index in [0.29, 0.717) is 12.3 Å². The van der Waals surface area contributed by atoms with Gasteiger partial charge in [0, 0.05) is 11.4 Å². The lowest BCUT2D eigenvalue weighted by atomic mass is 9.82. The summed E-state index contributed by atoms with van der Waals surface area (Å²) < 4.78 is 0. The van der Waals surface area contributed by atoms with Crippen molar-refractivity contribution in [3.63, 3.8) is 0 Å². The van der Waals surface area contributed by atoms with E-state index >= 15 is 0 Å². The van der Waals surface area contributed by atoms with Gasteiger partial charge in [-0.05, 0) is 48.4 Å². The van der Waals surface area contributed by atoms with Crippen molar-refractivity contribution in [3.05, 3.63) is 34.3 Å². The van der Waals surface area contributed by atoms with E-state index in [1.165, 1.54) is 11.1 Å². The molecule has 0 aliphatic heterocycles. The topological polar surface area (TPSA) is 23.8 Å². The molecule has 0 aromatic heterocycles. The minimum absolute atomic E-state index is 0.533. The number of rotatable bonds is 1. The number of fused-ring (bicyclic) bond motifs is 1. The van der Waals surface area contributed by atoms with E-state index in [1.54, 1.807) is 0 Å². The van der Waals surface area contributed by atoms with Crippen molar-refractivity contribution in [3.8, 4) is 6.07 Å². The second-order valence-electron chi connectivity index (χ2n) is 3.88. The first kappa shape index (κ1) is 9.55. The van der Waals surface area contributed by atoms with Crippen molar-refractivity contribution in [2.75, 3.05) is 0 Å². The Labute approximate surface area is 89.3 Å². The van der Waals surface area contributed by atoms with Gasteiger partial charge in [0.1, 0.15) is 0 Å². The molecule has 0 heterocycles. The van der Waals surface area contributed by atoms with Gasteiger partial charge in [-0.3, -0.25) is 0 Å². The predicted molar refractivity (Wildman–Crippen MR) is 57.2 cm³/mol. The maximum absolute atomic E-state index is 8.65. The first-order valence-electron chi connectivity index (χ1n) is 4.94. The molecule has 0 fully saturated rings. The second-order valence-corrected chi connectivity index (χ2v) is 4.32. The Hall–Kier alpha value is -1.00. The van der Waals surface area contributed by atoms with E-state index in [-0.39, 0.29) is 0 Å². The van der Waals surface area contributed by atoms with Gasteiger partial charge in [-0.2, -0.15) is 5.26 Å². The number of hydrogen-bond acceptors (Lipinski definition) is 1. The molecule has 1 atom stereocenters. The Balaban J connectivity index is 2.21. The zero-order chi connectivity index (χ0) is 9.97. The Morgan fingerprint density at radius 2 is 2.29 bits per heavy atom. The van der Waals surface area contributed by atoms with E-state index in [1.807, 2.05) is 12.1 Å². The van der Waals surface area contributed by atoms with Gasteiger partial charge in [0.15, 0.2) is 0 Å². The van der Waals surface area contributed by atoms with Crippen LogP contribution in [0.25, 0.3) is 0 Å². The number of benzene rings is 1. The lowest BCUT2D eigenvalue weighted by Crippen LogP contribution is -2.13. The molecule has 0 radical (unpaired) electrons. The molecule has 2 rings (SSSR count). The molecule has 0 N–H and O–H groups in total. The van der Waals surface area contributed by atoms with Gasteiger partial charge in [-0.15, -0.1) is 0 Å². The van der Waals surface area contributed by atoms with Gasteiger partial charge >= 0.3 is 0 Å². The molecule has 14 heavy (non-hydrogen) atoms. The lowest BCUT2D eigenvalue weighted by Gasteiger charge is -2.22. The molecular formula is C12H12ClN.